The molecule has 3 nitrogen and oxygen atoms in total. The molecule has 0 unspecified atom stereocenters. The van der Waals surface area contributed by atoms with Crippen molar-refractivity contribution < 1.29 is 4.42 Å². The van der Waals surface area contributed by atoms with Gasteiger partial charge in [-0.15, -0.1) is 11.3 Å². The summed E-state index contributed by atoms with van der Waals surface area (Å²) in [4.78, 5) is 10.7. The van der Waals surface area contributed by atoms with E-state index < -0.39 is 0 Å². The summed E-state index contributed by atoms with van der Waals surface area (Å²) >= 11 is 1.78. The van der Waals surface area contributed by atoms with Gasteiger partial charge < -0.3 is 4.42 Å². The van der Waals surface area contributed by atoms with Gasteiger partial charge in [-0.05, 0) is 102 Å². The van der Waals surface area contributed by atoms with E-state index in [0.29, 0.717) is 5.82 Å². The van der Waals surface area contributed by atoms with Crippen molar-refractivity contribution in [3.63, 3.8) is 0 Å². The standard InChI is InChI=1S/C60H32N2OS/c1-2-12-35(13-3-1)36-26-28-37(29-27-36)60-61-51(38-30-31-44-43-14-5-7-25-55(43)64-56(44)32-38)34-52(62-60)42-19-9-16-39-40(42)17-8-18-41(39)45-20-10-21-46-47-22-11-23-49-58(47)50(57(45)46)33-54-59(49)48-15-4-6-24-53(48)63-54/h1-4,6-13,15-34H. The van der Waals surface area contributed by atoms with Gasteiger partial charge in [-0.3, -0.25) is 0 Å². The number of nitrogens with zero attached hydrogens (tertiary/aromatic N) is 2. The van der Waals surface area contributed by atoms with Crippen molar-refractivity contribution in [2.75, 3.05) is 0 Å². The molecule has 1 aliphatic rings. The molecule has 13 aromatic rings. The predicted octanol–water partition coefficient (Wildman–Crippen LogP) is 16.6. The maximum absolute atomic E-state index is 6.55. The lowest BCUT2D eigenvalue weighted by atomic mass is 9.89. The topological polar surface area (TPSA) is 38.9 Å². The van der Waals surface area contributed by atoms with Gasteiger partial charge in [0.2, 0.25) is 0 Å². The van der Waals surface area contributed by atoms with Crippen LogP contribution in [0.4, 0.5) is 0 Å². The lowest BCUT2D eigenvalue weighted by molar-refractivity contribution is 0.669. The van der Waals surface area contributed by atoms with Gasteiger partial charge in [0.05, 0.1) is 16.8 Å². The van der Waals surface area contributed by atoms with Gasteiger partial charge in [0.15, 0.2) is 5.82 Å². The summed E-state index contributed by atoms with van der Waals surface area (Å²) in [5.74, 6) is 0.684. The molecule has 10 aromatic carbocycles. The summed E-state index contributed by atoms with van der Waals surface area (Å²) in [5, 5.41) is 9.43. The van der Waals surface area contributed by atoms with E-state index in [1.54, 1.807) is 11.3 Å². The molecule has 0 fully saturated rings. The summed E-state index contributed by atoms with van der Waals surface area (Å²) in [7, 11) is 0. The highest BCUT2D eigenvalue weighted by atomic mass is 32.1. The number of aromatic nitrogens is 2. The highest BCUT2D eigenvalue weighted by Crippen LogP contribution is 2.54. The maximum atomic E-state index is 6.55. The average molecular weight is 829 g/mol. The lowest BCUT2D eigenvalue weighted by Crippen LogP contribution is -1.97. The van der Waals surface area contributed by atoms with Crippen LogP contribution in [0.1, 0.15) is 0 Å². The second kappa shape index (κ2) is 13.6. The highest BCUT2D eigenvalue weighted by Gasteiger charge is 2.28. The van der Waals surface area contributed by atoms with E-state index in [4.69, 9.17) is 14.4 Å². The first-order chi connectivity index (χ1) is 31.7. The first-order valence-corrected chi connectivity index (χ1v) is 22.4. The largest absolute Gasteiger partial charge is 0.456 e. The van der Waals surface area contributed by atoms with E-state index in [9.17, 15) is 0 Å². The van der Waals surface area contributed by atoms with Gasteiger partial charge in [0, 0.05) is 42.2 Å². The molecule has 0 radical (unpaired) electrons. The lowest BCUT2D eigenvalue weighted by Gasteiger charge is -2.16. The summed E-state index contributed by atoms with van der Waals surface area (Å²) < 4.78 is 8.95. The Morgan fingerprint density at radius 2 is 1.05 bits per heavy atom. The first-order valence-electron chi connectivity index (χ1n) is 21.5. The van der Waals surface area contributed by atoms with E-state index >= 15 is 0 Å². The molecule has 294 valence electrons. The molecule has 64 heavy (non-hydrogen) atoms. The fourth-order valence-electron chi connectivity index (χ4n) is 10.2. The molecule has 0 atom stereocenters. The van der Waals surface area contributed by atoms with Crippen molar-refractivity contribution in [1.82, 2.24) is 9.97 Å². The minimum atomic E-state index is 0.684. The molecule has 0 amide bonds. The zero-order valence-electron chi connectivity index (χ0n) is 34.2. The number of rotatable bonds is 5. The third-order valence-corrected chi connectivity index (χ3v) is 14.2. The zero-order valence-corrected chi connectivity index (χ0v) is 35.0. The molecule has 4 heteroatoms. The van der Waals surface area contributed by atoms with Crippen LogP contribution in [0.5, 0.6) is 0 Å². The number of hydrogen-bond donors (Lipinski definition) is 0. The summed E-state index contributed by atoms with van der Waals surface area (Å²) in [5.41, 5.74) is 16.3. The summed E-state index contributed by atoms with van der Waals surface area (Å²) in [6.45, 7) is 0. The molecule has 0 saturated carbocycles. The van der Waals surface area contributed by atoms with Crippen molar-refractivity contribution in [3.05, 3.63) is 206 Å². The number of hydrogen-bond acceptors (Lipinski definition) is 4. The minimum absolute atomic E-state index is 0.684. The number of para-hydroxylation sites is 1. The van der Waals surface area contributed by atoms with Gasteiger partial charge in [-0.25, -0.2) is 9.97 Å². The SMILES string of the molecule is c1ccc2sc3cc(-c4cc(-c5cccc6c(-c7cccc8c7-c7cc9oc%10ccccc%10c9c9cccc-8c79)cccc56)nc(-c5ccc(-c6ccccc6)cc5)n4)ccc3c2c#1. The number of fused-ring (bicyclic) bond motifs is 11. The second-order valence-electron chi connectivity index (χ2n) is 16.6. The number of benzene rings is 9. The highest BCUT2D eigenvalue weighted by molar-refractivity contribution is 7.25. The van der Waals surface area contributed by atoms with Crippen LogP contribution in [0.15, 0.2) is 199 Å². The van der Waals surface area contributed by atoms with Gasteiger partial charge in [-0.1, -0.05) is 170 Å². The van der Waals surface area contributed by atoms with E-state index in [1.165, 1.54) is 75.3 Å². The van der Waals surface area contributed by atoms with Crippen LogP contribution >= 0.6 is 11.3 Å². The normalized spacial score (nSPS) is 11.9. The smallest absolute Gasteiger partial charge is 0.160 e. The molecule has 0 N–H and O–H groups in total. The van der Waals surface area contributed by atoms with Crippen LogP contribution < -0.4 is 0 Å². The Labute approximate surface area is 372 Å². The Bertz CT molecular complexity index is 4070. The Morgan fingerprint density at radius 3 is 1.92 bits per heavy atom. The molecule has 3 heterocycles. The van der Waals surface area contributed by atoms with Gasteiger partial charge >= 0.3 is 0 Å². The molecule has 0 spiro atoms. The van der Waals surface area contributed by atoms with Gasteiger partial charge in [0.25, 0.3) is 0 Å². The fraction of sp³-hybridized carbons (Fsp3) is 0. The third-order valence-electron chi connectivity index (χ3n) is 13.1. The van der Waals surface area contributed by atoms with E-state index in [1.807, 2.05) is 18.2 Å². The summed E-state index contributed by atoms with van der Waals surface area (Å²) in [6, 6.07) is 75.9. The maximum Gasteiger partial charge on any atom is 0.160 e. The Hall–Kier alpha value is -8.36. The van der Waals surface area contributed by atoms with E-state index in [2.05, 4.69) is 188 Å². The Morgan fingerprint density at radius 1 is 0.391 bits per heavy atom. The van der Waals surface area contributed by atoms with Crippen LogP contribution in [0.25, 0.3) is 142 Å². The van der Waals surface area contributed by atoms with Crippen LogP contribution in [0.3, 0.4) is 0 Å². The Balaban J connectivity index is 0.953. The van der Waals surface area contributed by atoms with Crippen LogP contribution in [0, 0.1) is 12.1 Å². The minimum Gasteiger partial charge on any atom is -0.456 e. The van der Waals surface area contributed by atoms with Crippen LogP contribution in [-0.4, -0.2) is 9.97 Å². The quantitative estimate of drug-likeness (QED) is 0.173. The fourth-order valence-corrected chi connectivity index (χ4v) is 11.3. The molecule has 0 saturated heterocycles. The average Bonchev–Trinajstić information content (AvgIpc) is 4.04. The van der Waals surface area contributed by atoms with E-state index in [0.717, 1.165) is 61.0 Å². The molecule has 1 aliphatic carbocycles. The zero-order chi connectivity index (χ0) is 41.9. The molecule has 14 rings (SSSR count). The molecule has 3 aromatic heterocycles. The van der Waals surface area contributed by atoms with Crippen molar-refractivity contribution in [2.45, 2.75) is 0 Å². The number of thiophene rings is 1. The van der Waals surface area contributed by atoms with Crippen molar-refractivity contribution in [3.8, 4) is 78.4 Å². The van der Waals surface area contributed by atoms with Crippen LogP contribution in [-0.2, 0) is 0 Å². The van der Waals surface area contributed by atoms with Crippen LogP contribution in [0.2, 0.25) is 0 Å². The molecular weight excluding hydrogens is 797 g/mol. The number of furan rings is 1. The van der Waals surface area contributed by atoms with E-state index in [-0.39, 0.29) is 0 Å². The van der Waals surface area contributed by atoms with Crippen molar-refractivity contribution in [2.24, 2.45) is 0 Å². The third kappa shape index (κ3) is 5.23. The van der Waals surface area contributed by atoms with Crippen molar-refractivity contribution >= 4 is 75.0 Å². The Kier molecular flexibility index (Phi) is 7.48. The second-order valence-corrected chi connectivity index (χ2v) is 17.7. The first kappa shape index (κ1) is 35.3. The molecule has 0 aliphatic heterocycles. The van der Waals surface area contributed by atoms with Gasteiger partial charge in [0.1, 0.15) is 11.2 Å². The predicted molar refractivity (Wildman–Crippen MR) is 266 cm³/mol. The van der Waals surface area contributed by atoms with Crippen molar-refractivity contribution in [1.29, 1.82) is 0 Å². The molecule has 0 bridgehead atoms. The van der Waals surface area contributed by atoms with Gasteiger partial charge in [-0.2, -0.15) is 0 Å². The monoisotopic (exact) mass is 828 g/mol. The summed E-state index contributed by atoms with van der Waals surface area (Å²) in [6.07, 6.45) is 0. The molecular formula is C60H32N2OS.